The van der Waals surface area contributed by atoms with Gasteiger partial charge in [0, 0.05) is 30.8 Å². The van der Waals surface area contributed by atoms with Crippen LogP contribution >= 0.6 is 0 Å². The zero-order valence-electron chi connectivity index (χ0n) is 18.2. The molecule has 30 heavy (non-hydrogen) atoms. The lowest BCUT2D eigenvalue weighted by Crippen LogP contribution is -2.36. The van der Waals surface area contributed by atoms with Crippen molar-refractivity contribution in [1.29, 1.82) is 0 Å². The highest BCUT2D eigenvalue weighted by Crippen LogP contribution is 2.22. The first-order valence-corrected chi connectivity index (χ1v) is 10.6. The molecule has 0 aliphatic carbocycles. The average Bonchev–Trinajstić information content (AvgIpc) is 2.76. The van der Waals surface area contributed by atoms with Gasteiger partial charge in [0.15, 0.2) is 5.78 Å². The number of carbonyl (C=O) groups is 2. The van der Waals surface area contributed by atoms with E-state index in [1.54, 1.807) is 0 Å². The maximum Gasteiger partial charge on any atom is 0.220 e. The molecule has 2 aromatic carbocycles. The molecule has 2 aromatic rings. The monoisotopic (exact) mass is 408 g/mol. The van der Waals surface area contributed by atoms with Crippen molar-refractivity contribution in [3.63, 3.8) is 0 Å². The van der Waals surface area contributed by atoms with Crippen LogP contribution in [0.5, 0.6) is 0 Å². The summed E-state index contributed by atoms with van der Waals surface area (Å²) in [6.45, 7) is 9.76. The number of ketones is 1. The van der Waals surface area contributed by atoms with Crippen molar-refractivity contribution < 1.29 is 14.3 Å². The normalized spacial score (nSPS) is 14.4. The van der Waals surface area contributed by atoms with Crippen LogP contribution in [0.4, 0.5) is 5.69 Å². The Bertz CT molecular complexity index is 845. The molecule has 5 nitrogen and oxygen atoms in total. The molecular formula is C25H32N2O3. The van der Waals surface area contributed by atoms with Crippen LogP contribution in [0.1, 0.15) is 48.7 Å². The summed E-state index contributed by atoms with van der Waals surface area (Å²) in [7, 11) is 0. The molecule has 160 valence electrons. The number of morpholine rings is 1. The number of benzene rings is 2. The van der Waals surface area contributed by atoms with E-state index in [4.69, 9.17) is 4.74 Å². The van der Waals surface area contributed by atoms with Crippen molar-refractivity contribution in [2.75, 3.05) is 37.7 Å². The van der Waals surface area contributed by atoms with Gasteiger partial charge in [0.05, 0.1) is 19.8 Å². The second kappa shape index (κ2) is 9.90. The molecule has 1 aliphatic heterocycles. The third-order valence-electron chi connectivity index (χ3n) is 5.47. The van der Waals surface area contributed by atoms with E-state index in [2.05, 4.69) is 55.3 Å². The number of carbonyl (C=O) groups excluding carboxylic acids is 2. The first-order valence-electron chi connectivity index (χ1n) is 10.6. The third-order valence-corrected chi connectivity index (χ3v) is 5.47. The summed E-state index contributed by atoms with van der Waals surface area (Å²) in [5.74, 6) is -0.181. The van der Waals surface area contributed by atoms with E-state index in [-0.39, 0.29) is 23.7 Å². The number of nitrogens with one attached hydrogen (secondary N) is 1. The second-order valence-electron chi connectivity index (χ2n) is 8.79. The number of aryl methyl sites for hydroxylation is 1. The highest BCUT2D eigenvalue weighted by Gasteiger charge is 2.14. The molecule has 0 radical (unpaired) electrons. The molecule has 0 spiro atoms. The van der Waals surface area contributed by atoms with Gasteiger partial charge in [0.1, 0.15) is 0 Å². The fourth-order valence-corrected chi connectivity index (χ4v) is 3.48. The van der Waals surface area contributed by atoms with Gasteiger partial charge in [-0.1, -0.05) is 45.0 Å². The van der Waals surface area contributed by atoms with E-state index in [0.29, 0.717) is 18.4 Å². The second-order valence-corrected chi connectivity index (χ2v) is 8.79. The van der Waals surface area contributed by atoms with Crippen LogP contribution in [0, 0.1) is 0 Å². The number of amides is 1. The molecular weight excluding hydrogens is 376 g/mol. The number of hydrogen-bond donors (Lipinski definition) is 1. The van der Waals surface area contributed by atoms with E-state index in [9.17, 15) is 9.59 Å². The Kier molecular flexibility index (Phi) is 7.27. The lowest BCUT2D eigenvalue weighted by atomic mass is 9.86. The first-order chi connectivity index (χ1) is 14.3. The van der Waals surface area contributed by atoms with Gasteiger partial charge in [0.2, 0.25) is 5.91 Å². The summed E-state index contributed by atoms with van der Waals surface area (Å²) in [4.78, 5) is 26.8. The molecule has 0 bridgehead atoms. The molecule has 1 saturated heterocycles. The fraction of sp³-hybridized carbons (Fsp3) is 0.440. The molecule has 1 N–H and O–H groups in total. The van der Waals surface area contributed by atoms with Crippen molar-refractivity contribution in [2.24, 2.45) is 0 Å². The Balaban J connectivity index is 1.43. The molecule has 0 atom stereocenters. The summed E-state index contributed by atoms with van der Waals surface area (Å²) in [5.41, 5.74) is 4.24. The van der Waals surface area contributed by atoms with Gasteiger partial charge in [-0.05, 0) is 47.2 Å². The van der Waals surface area contributed by atoms with Gasteiger partial charge in [-0.25, -0.2) is 0 Å². The predicted molar refractivity (Wildman–Crippen MR) is 120 cm³/mol. The number of ether oxygens (including phenoxy) is 1. The van der Waals surface area contributed by atoms with Crippen LogP contribution in [0.2, 0.25) is 0 Å². The van der Waals surface area contributed by atoms with Gasteiger partial charge in [-0.2, -0.15) is 0 Å². The fourth-order valence-electron chi connectivity index (χ4n) is 3.48. The Morgan fingerprint density at radius 3 is 2.20 bits per heavy atom. The molecule has 1 amide bonds. The standard InChI is InChI=1S/C25H32N2O3/c1-25(2,3)21-9-4-19(5-10-21)6-13-24(29)26-18-23(28)20-7-11-22(12-8-20)27-14-16-30-17-15-27/h4-5,7-12H,6,13-18H2,1-3H3,(H,26,29). The van der Waals surface area contributed by atoms with Crippen LogP contribution in [-0.4, -0.2) is 44.5 Å². The Hall–Kier alpha value is -2.66. The Labute approximate surface area is 179 Å². The minimum absolute atomic E-state index is 0.0265. The smallest absolute Gasteiger partial charge is 0.220 e. The van der Waals surface area contributed by atoms with E-state index >= 15 is 0 Å². The molecule has 1 heterocycles. The minimum Gasteiger partial charge on any atom is -0.378 e. The minimum atomic E-state index is -0.104. The van der Waals surface area contributed by atoms with Gasteiger partial charge < -0.3 is 15.0 Å². The molecule has 0 unspecified atom stereocenters. The summed E-state index contributed by atoms with van der Waals surface area (Å²) in [6, 6.07) is 16.0. The zero-order chi connectivity index (χ0) is 21.6. The van der Waals surface area contributed by atoms with Crippen molar-refractivity contribution in [3.05, 3.63) is 65.2 Å². The summed E-state index contributed by atoms with van der Waals surface area (Å²) in [6.07, 6.45) is 1.04. The SMILES string of the molecule is CC(C)(C)c1ccc(CCC(=O)NCC(=O)c2ccc(N3CCOCC3)cc2)cc1. The summed E-state index contributed by atoms with van der Waals surface area (Å²) >= 11 is 0. The quantitative estimate of drug-likeness (QED) is 0.709. The molecule has 5 heteroatoms. The van der Waals surface area contributed by atoms with Crippen molar-refractivity contribution in [2.45, 2.75) is 39.0 Å². The number of rotatable bonds is 7. The lowest BCUT2D eigenvalue weighted by Gasteiger charge is -2.28. The Morgan fingerprint density at radius 2 is 1.60 bits per heavy atom. The van der Waals surface area contributed by atoms with Crippen molar-refractivity contribution in [1.82, 2.24) is 5.32 Å². The van der Waals surface area contributed by atoms with Crippen molar-refractivity contribution in [3.8, 4) is 0 Å². The van der Waals surface area contributed by atoms with Crippen molar-refractivity contribution >= 4 is 17.4 Å². The number of nitrogens with zero attached hydrogens (tertiary/aromatic N) is 1. The van der Waals surface area contributed by atoms with Crippen LogP contribution in [0.25, 0.3) is 0 Å². The number of anilines is 1. The zero-order valence-corrected chi connectivity index (χ0v) is 18.2. The summed E-state index contributed by atoms with van der Waals surface area (Å²) in [5, 5.41) is 2.75. The summed E-state index contributed by atoms with van der Waals surface area (Å²) < 4.78 is 5.37. The molecule has 0 saturated carbocycles. The van der Waals surface area contributed by atoms with E-state index in [1.165, 1.54) is 5.56 Å². The van der Waals surface area contributed by atoms with Crippen LogP contribution in [0.15, 0.2) is 48.5 Å². The number of Topliss-reactive ketones (excluding diaryl/α,β-unsaturated/α-hetero) is 1. The molecule has 3 rings (SSSR count). The lowest BCUT2D eigenvalue weighted by molar-refractivity contribution is -0.120. The maximum atomic E-state index is 12.4. The highest BCUT2D eigenvalue weighted by atomic mass is 16.5. The van der Waals surface area contributed by atoms with Gasteiger partial charge in [-0.3, -0.25) is 9.59 Å². The average molecular weight is 409 g/mol. The number of hydrogen-bond acceptors (Lipinski definition) is 4. The predicted octanol–water partition coefficient (Wildman–Crippen LogP) is 3.75. The van der Waals surface area contributed by atoms with E-state index in [1.807, 2.05) is 24.3 Å². The van der Waals surface area contributed by atoms with E-state index in [0.717, 1.165) is 37.6 Å². The molecule has 1 aliphatic rings. The molecule has 1 fully saturated rings. The van der Waals surface area contributed by atoms with E-state index < -0.39 is 0 Å². The Morgan fingerprint density at radius 1 is 0.967 bits per heavy atom. The largest absolute Gasteiger partial charge is 0.378 e. The van der Waals surface area contributed by atoms with Gasteiger partial charge in [0.25, 0.3) is 0 Å². The topological polar surface area (TPSA) is 58.6 Å². The first kappa shape index (κ1) is 22.0. The van der Waals surface area contributed by atoms with Gasteiger partial charge >= 0.3 is 0 Å². The van der Waals surface area contributed by atoms with Crippen LogP contribution in [0.3, 0.4) is 0 Å². The van der Waals surface area contributed by atoms with Crippen LogP contribution < -0.4 is 10.2 Å². The van der Waals surface area contributed by atoms with Crippen LogP contribution in [-0.2, 0) is 21.4 Å². The third kappa shape index (κ3) is 6.17. The molecule has 0 aromatic heterocycles. The highest BCUT2D eigenvalue weighted by molar-refractivity contribution is 5.99. The van der Waals surface area contributed by atoms with Gasteiger partial charge in [-0.15, -0.1) is 0 Å². The maximum absolute atomic E-state index is 12.4.